The lowest BCUT2D eigenvalue weighted by Crippen LogP contribution is -2.45. The number of hydrogen-bond acceptors (Lipinski definition) is 2. The molecule has 2 atom stereocenters. The van der Waals surface area contributed by atoms with Crippen LogP contribution in [0.3, 0.4) is 0 Å². The lowest BCUT2D eigenvalue weighted by Gasteiger charge is -2.31. The Labute approximate surface area is 113 Å². The molecule has 2 unspecified atom stereocenters. The average Bonchev–Trinajstić information content (AvgIpc) is 2.49. The van der Waals surface area contributed by atoms with Gasteiger partial charge in [-0.1, -0.05) is 41.0 Å². The van der Waals surface area contributed by atoms with Crippen molar-refractivity contribution in [1.29, 1.82) is 5.26 Å². The molecule has 1 saturated carbocycles. The monoisotopic (exact) mass is 250 g/mol. The van der Waals surface area contributed by atoms with Crippen LogP contribution in [0.15, 0.2) is 0 Å². The fraction of sp³-hybridized carbons (Fsp3) is 0.938. The molecule has 1 aliphatic carbocycles. The molecule has 0 amide bonds. The van der Waals surface area contributed by atoms with Crippen molar-refractivity contribution in [2.24, 2.45) is 17.3 Å². The average molecular weight is 250 g/mol. The van der Waals surface area contributed by atoms with E-state index in [9.17, 15) is 5.26 Å². The van der Waals surface area contributed by atoms with Crippen LogP contribution in [0, 0.1) is 28.6 Å². The lowest BCUT2D eigenvalue weighted by atomic mass is 9.76. The van der Waals surface area contributed by atoms with Crippen LogP contribution in [0.4, 0.5) is 0 Å². The van der Waals surface area contributed by atoms with E-state index in [4.69, 9.17) is 0 Å². The standard InChI is InChI=1S/C16H30N2/c1-13(2)11-18-16(12-17)9-6-7-14(8-10-16)15(3,4)5/h13-14,18H,6-11H2,1-5H3. The Morgan fingerprint density at radius 3 is 2.44 bits per heavy atom. The molecule has 104 valence electrons. The van der Waals surface area contributed by atoms with E-state index >= 15 is 0 Å². The van der Waals surface area contributed by atoms with E-state index in [1.54, 1.807) is 0 Å². The first-order valence-corrected chi connectivity index (χ1v) is 7.45. The first kappa shape index (κ1) is 15.5. The Hall–Kier alpha value is -0.550. The predicted octanol–water partition coefficient (Wildman–Crippen LogP) is 4.12. The first-order chi connectivity index (χ1) is 8.29. The van der Waals surface area contributed by atoms with Crippen molar-refractivity contribution in [2.45, 2.75) is 72.3 Å². The van der Waals surface area contributed by atoms with Crippen LogP contribution in [0.25, 0.3) is 0 Å². The van der Waals surface area contributed by atoms with Gasteiger partial charge in [0.1, 0.15) is 5.54 Å². The molecular formula is C16H30N2. The summed E-state index contributed by atoms with van der Waals surface area (Å²) >= 11 is 0. The molecule has 2 nitrogen and oxygen atoms in total. The Morgan fingerprint density at radius 1 is 1.28 bits per heavy atom. The number of nitrogens with one attached hydrogen (secondary N) is 1. The van der Waals surface area contributed by atoms with Crippen molar-refractivity contribution in [2.75, 3.05) is 6.54 Å². The highest BCUT2D eigenvalue weighted by Crippen LogP contribution is 2.39. The van der Waals surface area contributed by atoms with Gasteiger partial charge in [0.2, 0.25) is 0 Å². The highest BCUT2D eigenvalue weighted by Gasteiger charge is 2.36. The summed E-state index contributed by atoms with van der Waals surface area (Å²) in [4.78, 5) is 0. The van der Waals surface area contributed by atoms with Gasteiger partial charge in [-0.3, -0.25) is 5.32 Å². The molecule has 0 bridgehead atoms. The SMILES string of the molecule is CC(C)CNC1(C#N)CCCC(C(C)(C)C)CC1. The third-order valence-electron chi connectivity index (χ3n) is 4.36. The second kappa shape index (κ2) is 6.06. The van der Waals surface area contributed by atoms with E-state index < -0.39 is 0 Å². The van der Waals surface area contributed by atoms with Crippen molar-refractivity contribution >= 4 is 0 Å². The van der Waals surface area contributed by atoms with Crippen molar-refractivity contribution in [3.05, 3.63) is 0 Å². The van der Waals surface area contributed by atoms with Gasteiger partial charge in [0.15, 0.2) is 0 Å². The van der Waals surface area contributed by atoms with Crippen LogP contribution < -0.4 is 5.32 Å². The normalized spacial score (nSPS) is 29.9. The van der Waals surface area contributed by atoms with Gasteiger partial charge in [-0.25, -0.2) is 0 Å². The van der Waals surface area contributed by atoms with Gasteiger partial charge in [0.05, 0.1) is 6.07 Å². The van der Waals surface area contributed by atoms with E-state index in [2.05, 4.69) is 46.0 Å². The van der Waals surface area contributed by atoms with E-state index in [1.165, 1.54) is 19.3 Å². The molecule has 1 fully saturated rings. The number of nitrogens with zero attached hydrogens (tertiary/aromatic N) is 1. The van der Waals surface area contributed by atoms with Gasteiger partial charge in [-0.15, -0.1) is 0 Å². The Balaban J connectivity index is 2.65. The zero-order valence-electron chi connectivity index (χ0n) is 12.8. The van der Waals surface area contributed by atoms with E-state index in [0.29, 0.717) is 11.3 Å². The molecule has 0 aliphatic heterocycles. The van der Waals surface area contributed by atoms with Gasteiger partial charge >= 0.3 is 0 Å². The molecule has 0 radical (unpaired) electrons. The fourth-order valence-electron chi connectivity index (χ4n) is 2.93. The zero-order valence-corrected chi connectivity index (χ0v) is 12.8. The summed E-state index contributed by atoms with van der Waals surface area (Å²) in [5.74, 6) is 1.37. The van der Waals surface area contributed by atoms with Gasteiger partial charge < -0.3 is 0 Å². The molecule has 0 heterocycles. The minimum atomic E-state index is -0.260. The summed E-state index contributed by atoms with van der Waals surface area (Å²) in [5.41, 5.74) is 0.119. The topological polar surface area (TPSA) is 35.8 Å². The molecule has 0 aromatic rings. The molecule has 18 heavy (non-hydrogen) atoms. The predicted molar refractivity (Wildman–Crippen MR) is 77.2 cm³/mol. The summed E-state index contributed by atoms with van der Waals surface area (Å²) in [7, 11) is 0. The summed E-state index contributed by atoms with van der Waals surface area (Å²) in [6.07, 6.45) is 5.67. The van der Waals surface area contributed by atoms with Crippen molar-refractivity contribution < 1.29 is 0 Å². The van der Waals surface area contributed by atoms with Crippen LogP contribution in [-0.2, 0) is 0 Å². The number of hydrogen-bond donors (Lipinski definition) is 1. The van der Waals surface area contributed by atoms with E-state index in [0.717, 1.165) is 25.3 Å². The van der Waals surface area contributed by atoms with Crippen molar-refractivity contribution in [1.82, 2.24) is 5.32 Å². The third kappa shape index (κ3) is 4.28. The first-order valence-electron chi connectivity index (χ1n) is 7.45. The maximum Gasteiger partial charge on any atom is 0.106 e. The van der Waals surface area contributed by atoms with Crippen LogP contribution in [0.5, 0.6) is 0 Å². The molecule has 2 heteroatoms. The maximum absolute atomic E-state index is 9.56. The highest BCUT2D eigenvalue weighted by molar-refractivity contribution is 5.08. The Morgan fingerprint density at radius 2 is 1.94 bits per heavy atom. The Kier molecular flexibility index (Phi) is 5.22. The molecule has 0 aromatic carbocycles. The van der Waals surface area contributed by atoms with Crippen molar-refractivity contribution in [3.63, 3.8) is 0 Å². The van der Waals surface area contributed by atoms with Crippen LogP contribution in [-0.4, -0.2) is 12.1 Å². The van der Waals surface area contributed by atoms with Crippen LogP contribution in [0.1, 0.15) is 66.7 Å². The van der Waals surface area contributed by atoms with Gasteiger partial charge in [-0.2, -0.15) is 5.26 Å². The maximum atomic E-state index is 9.56. The van der Waals surface area contributed by atoms with E-state index in [1.807, 2.05) is 0 Å². The zero-order chi connectivity index (χ0) is 13.8. The lowest BCUT2D eigenvalue weighted by molar-refractivity contribution is 0.210. The molecule has 1 rings (SSSR count). The van der Waals surface area contributed by atoms with Gasteiger partial charge in [-0.05, 0) is 49.5 Å². The highest BCUT2D eigenvalue weighted by atomic mass is 15.0. The van der Waals surface area contributed by atoms with Crippen LogP contribution >= 0.6 is 0 Å². The van der Waals surface area contributed by atoms with Crippen LogP contribution in [0.2, 0.25) is 0 Å². The smallest absolute Gasteiger partial charge is 0.106 e. The third-order valence-corrected chi connectivity index (χ3v) is 4.36. The summed E-state index contributed by atoms with van der Waals surface area (Å²) < 4.78 is 0. The second-order valence-corrected chi connectivity index (χ2v) is 7.46. The fourth-order valence-corrected chi connectivity index (χ4v) is 2.93. The summed E-state index contributed by atoms with van der Waals surface area (Å²) in [5, 5.41) is 13.1. The summed E-state index contributed by atoms with van der Waals surface area (Å²) in [6.45, 7) is 12.4. The van der Waals surface area contributed by atoms with Gasteiger partial charge in [0, 0.05) is 0 Å². The molecular weight excluding hydrogens is 220 g/mol. The Bertz CT molecular complexity index is 295. The molecule has 0 aromatic heterocycles. The molecule has 0 saturated heterocycles. The quantitative estimate of drug-likeness (QED) is 0.765. The van der Waals surface area contributed by atoms with Crippen molar-refractivity contribution in [3.8, 4) is 6.07 Å². The second-order valence-electron chi connectivity index (χ2n) is 7.46. The molecule has 1 aliphatic rings. The minimum absolute atomic E-state index is 0.260. The minimum Gasteiger partial charge on any atom is -0.299 e. The summed E-state index contributed by atoms with van der Waals surface area (Å²) in [6, 6.07) is 2.57. The van der Waals surface area contributed by atoms with E-state index in [-0.39, 0.29) is 5.54 Å². The largest absolute Gasteiger partial charge is 0.299 e. The molecule has 1 N–H and O–H groups in total. The van der Waals surface area contributed by atoms with Gasteiger partial charge in [0.25, 0.3) is 0 Å². The molecule has 0 spiro atoms. The number of rotatable bonds is 3. The number of nitriles is 1.